The summed E-state index contributed by atoms with van der Waals surface area (Å²) in [6.07, 6.45) is 11.5. The van der Waals surface area contributed by atoms with E-state index in [1.54, 1.807) is 13.0 Å². The zero-order valence-electron chi connectivity index (χ0n) is 17.5. The average Bonchev–Trinajstić information content (AvgIpc) is 3.02. The molecule has 2 saturated carbocycles. The van der Waals surface area contributed by atoms with Crippen molar-refractivity contribution in [1.29, 1.82) is 0 Å². The molecule has 1 saturated heterocycles. The number of carbonyl (C=O) groups is 2. The van der Waals surface area contributed by atoms with E-state index < -0.39 is 11.4 Å². The van der Waals surface area contributed by atoms with Crippen LogP contribution in [0.2, 0.25) is 0 Å². The average molecular weight is 383 g/mol. The van der Waals surface area contributed by atoms with Gasteiger partial charge in [0.15, 0.2) is 23.0 Å². The van der Waals surface area contributed by atoms with Gasteiger partial charge in [-0.1, -0.05) is 30.2 Å². The largest absolute Gasteiger partial charge is 0.344 e. The molecule has 0 unspecified atom stereocenters. The lowest BCUT2D eigenvalue weighted by molar-refractivity contribution is -0.203. The van der Waals surface area contributed by atoms with Crippen LogP contribution in [0.25, 0.3) is 0 Å². The Hall–Kier alpha value is -1.52. The van der Waals surface area contributed by atoms with Gasteiger partial charge in [-0.3, -0.25) is 9.59 Å². The first-order valence-electron chi connectivity index (χ1n) is 10.6. The lowest BCUT2D eigenvalue weighted by Gasteiger charge is -2.54. The first-order valence-corrected chi connectivity index (χ1v) is 10.6. The van der Waals surface area contributed by atoms with Gasteiger partial charge in [0.25, 0.3) is 0 Å². The van der Waals surface area contributed by atoms with Crippen LogP contribution in [0.1, 0.15) is 60.3 Å². The number of ether oxygens (including phenoxy) is 2. The first kappa shape index (κ1) is 18.5. The summed E-state index contributed by atoms with van der Waals surface area (Å²) in [7, 11) is 0. The molecular formula is C24H30O4. The molecule has 0 N–H and O–H groups in total. The molecule has 0 amide bonds. The molecule has 3 fully saturated rings. The number of ketones is 2. The summed E-state index contributed by atoms with van der Waals surface area (Å²) >= 11 is 0. The maximum atomic E-state index is 13.0. The van der Waals surface area contributed by atoms with Crippen molar-refractivity contribution in [2.45, 2.75) is 77.8 Å². The molecule has 5 aliphatic rings. The van der Waals surface area contributed by atoms with Gasteiger partial charge in [0.2, 0.25) is 0 Å². The summed E-state index contributed by atoms with van der Waals surface area (Å²) < 4.78 is 12.7. The second-order valence-corrected chi connectivity index (χ2v) is 10.3. The van der Waals surface area contributed by atoms with Gasteiger partial charge in [0.1, 0.15) is 0 Å². The predicted molar refractivity (Wildman–Crippen MR) is 105 cm³/mol. The van der Waals surface area contributed by atoms with Crippen LogP contribution >= 0.6 is 0 Å². The smallest absolute Gasteiger partial charge is 0.178 e. The fourth-order valence-corrected chi connectivity index (χ4v) is 7.27. The van der Waals surface area contributed by atoms with Crippen molar-refractivity contribution in [2.75, 3.05) is 0 Å². The third-order valence-electron chi connectivity index (χ3n) is 8.46. The van der Waals surface area contributed by atoms with Gasteiger partial charge in [-0.15, -0.1) is 0 Å². The molecule has 150 valence electrons. The van der Waals surface area contributed by atoms with Crippen LogP contribution < -0.4 is 0 Å². The maximum absolute atomic E-state index is 13.0. The van der Waals surface area contributed by atoms with Gasteiger partial charge < -0.3 is 9.47 Å². The Balaban J connectivity index is 1.61. The molecule has 4 nitrogen and oxygen atoms in total. The van der Waals surface area contributed by atoms with Crippen LogP contribution in [0.3, 0.4) is 0 Å². The van der Waals surface area contributed by atoms with Crippen molar-refractivity contribution in [3.05, 3.63) is 35.5 Å². The van der Waals surface area contributed by atoms with E-state index in [1.807, 2.05) is 19.9 Å². The van der Waals surface area contributed by atoms with Crippen LogP contribution in [0, 0.1) is 22.7 Å². The second-order valence-electron chi connectivity index (χ2n) is 10.3. The highest BCUT2D eigenvalue weighted by molar-refractivity contribution is 6.01. The van der Waals surface area contributed by atoms with Gasteiger partial charge in [-0.05, 0) is 77.4 Å². The van der Waals surface area contributed by atoms with E-state index in [2.05, 4.69) is 26.0 Å². The topological polar surface area (TPSA) is 52.6 Å². The molecule has 0 aromatic carbocycles. The van der Waals surface area contributed by atoms with Gasteiger partial charge in [-0.25, -0.2) is 0 Å². The number of Topliss-reactive ketones (excluding diaryl/α,β-unsaturated/α-hetero) is 1. The number of rotatable bonds is 1. The first-order chi connectivity index (χ1) is 13.0. The van der Waals surface area contributed by atoms with Crippen LogP contribution in [0.15, 0.2) is 35.5 Å². The molecule has 0 aromatic heterocycles. The molecule has 0 spiro atoms. The van der Waals surface area contributed by atoms with Crippen molar-refractivity contribution < 1.29 is 19.1 Å². The monoisotopic (exact) mass is 382 g/mol. The highest BCUT2D eigenvalue weighted by Crippen LogP contribution is 2.68. The highest BCUT2D eigenvalue weighted by Gasteiger charge is 2.74. The van der Waals surface area contributed by atoms with Crippen molar-refractivity contribution in [1.82, 2.24) is 0 Å². The van der Waals surface area contributed by atoms with Crippen molar-refractivity contribution in [3.63, 3.8) is 0 Å². The van der Waals surface area contributed by atoms with Gasteiger partial charge in [0, 0.05) is 10.8 Å². The lowest BCUT2D eigenvalue weighted by atomic mass is 9.51. The third-order valence-corrected chi connectivity index (χ3v) is 8.46. The maximum Gasteiger partial charge on any atom is 0.178 e. The fourth-order valence-electron chi connectivity index (χ4n) is 7.27. The molecule has 0 bridgehead atoms. The Morgan fingerprint density at radius 3 is 2.68 bits per heavy atom. The second kappa shape index (κ2) is 5.34. The summed E-state index contributed by atoms with van der Waals surface area (Å²) in [5.74, 6) is 0.213. The van der Waals surface area contributed by atoms with Crippen LogP contribution in [-0.4, -0.2) is 29.1 Å². The lowest BCUT2D eigenvalue weighted by Crippen LogP contribution is -2.57. The summed E-state index contributed by atoms with van der Waals surface area (Å²) in [5.41, 5.74) is 1.36. The van der Waals surface area contributed by atoms with Crippen LogP contribution in [-0.2, 0) is 19.1 Å². The van der Waals surface area contributed by atoms with Crippen molar-refractivity contribution in [2.24, 2.45) is 22.7 Å². The van der Waals surface area contributed by atoms with Gasteiger partial charge in [0.05, 0.1) is 6.10 Å². The SMILES string of the molecule is CC(=O)[C@@]12OC(C)(C)O[C@@H]1C[C@H]1[C@@H]3CCC4=CC(=O)C=C[C@]4(C)C3=CC[C@@]12C. The summed E-state index contributed by atoms with van der Waals surface area (Å²) in [5, 5.41) is 0. The quantitative estimate of drug-likeness (QED) is 0.635. The molecular weight excluding hydrogens is 352 g/mol. The molecule has 4 aliphatic carbocycles. The van der Waals surface area contributed by atoms with E-state index in [4.69, 9.17) is 9.47 Å². The van der Waals surface area contributed by atoms with Crippen molar-refractivity contribution >= 4 is 11.6 Å². The number of carbonyl (C=O) groups excluding carboxylic acids is 2. The van der Waals surface area contributed by atoms with Gasteiger partial charge in [-0.2, -0.15) is 0 Å². The Morgan fingerprint density at radius 2 is 1.96 bits per heavy atom. The molecule has 4 heteroatoms. The zero-order chi connectivity index (χ0) is 20.1. The van der Waals surface area contributed by atoms with E-state index in [9.17, 15) is 9.59 Å². The molecule has 5 rings (SSSR count). The van der Waals surface area contributed by atoms with Crippen molar-refractivity contribution in [3.8, 4) is 0 Å². The molecule has 28 heavy (non-hydrogen) atoms. The predicted octanol–water partition coefficient (Wildman–Crippen LogP) is 4.30. The Labute approximate surface area is 167 Å². The fraction of sp³-hybridized carbons (Fsp3) is 0.667. The molecule has 0 radical (unpaired) electrons. The normalized spacial score (nSPS) is 48.2. The van der Waals surface area contributed by atoms with E-state index in [-0.39, 0.29) is 28.5 Å². The van der Waals surface area contributed by atoms with E-state index >= 15 is 0 Å². The molecule has 1 heterocycles. The molecule has 6 atom stereocenters. The third kappa shape index (κ3) is 2.03. The summed E-state index contributed by atoms with van der Waals surface area (Å²) in [6.45, 7) is 9.99. The molecule has 1 aliphatic heterocycles. The number of hydrogen-bond acceptors (Lipinski definition) is 4. The van der Waals surface area contributed by atoms with E-state index in [0.717, 1.165) is 25.7 Å². The van der Waals surface area contributed by atoms with Crippen LogP contribution in [0.5, 0.6) is 0 Å². The zero-order valence-corrected chi connectivity index (χ0v) is 17.5. The summed E-state index contributed by atoms with van der Waals surface area (Å²) in [4.78, 5) is 24.9. The minimum Gasteiger partial charge on any atom is -0.344 e. The van der Waals surface area contributed by atoms with Gasteiger partial charge >= 0.3 is 0 Å². The molecule has 0 aromatic rings. The van der Waals surface area contributed by atoms with E-state index in [0.29, 0.717) is 11.8 Å². The Kier molecular flexibility index (Phi) is 3.53. The minimum atomic E-state index is -0.863. The highest BCUT2D eigenvalue weighted by atomic mass is 16.8. The van der Waals surface area contributed by atoms with Crippen LogP contribution in [0.4, 0.5) is 0 Å². The summed E-state index contributed by atoms with van der Waals surface area (Å²) in [6, 6.07) is 0. The number of fused-ring (bicyclic) bond motifs is 7. The van der Waals surface area contributed by atoms with E-state index in [1.165, 1.54) is 11.1 Å². The Morgan fingerprint density at radius 1 is 1.21 bits per heavy atom. The Bertz CT molecular complexity index is 877. The minimum absolute atomic E-state index is 0.0932. The number of allylic oxidation sites excluding steroid dienone is 6. The number of hydrogen-bond donors (Lipinski definition) is 0. The standard InChI is InChI=1S/C24H30O4/c1-14(25)24-20(27-21(2,3)28-24)13-19-17-7-6-15-12-16(26)8-10-22(15,4)18(17)9-11-23(19,24)5/h8-10,12,17,19-20H,6-7,11,13H2,1-5H3/t17-,19+,20-,22+,23+,24-/m1/s1.